The molecule has 6 heteroatoms. The lowest BCUT2D eigenvalue weighted by molar-refractivity contribution is -0.170. The molecule has 0 aromatic carbocycles. The van der Waals surface area contributed by atoms with Crippen LogP contribution in [0, 0.1) is 5.92 Å². The minimum atomic E-state index is -0.587. The highest BCUT2D eigenvalue weighted by atomic mass is 16.8. The molecule has 2 saturated carbocycles. The molecule has 113 valence electrons. The SMILES string of the molecule is CO[B]N[C@@H]1C[C@H](C2(O)CCCC2)[C@H]2OC(C)(C)O[C@H]21. The van der Waals surface area contributed by atoms with Gasteiger partial charge in [0.05, 0.1) is 11.7 Å². The van der Waals surface area contributed by atoms with Gasteiger partial charge in [-0.1, -0.05) is 12.8 Å². The van der Waals surface area contributed by atoms with Gasteiger partial charge in [-0.3, -0.25) is 0 Å². The summed E-state index contributed by atoms with van der Waals surface area (Å²) in [5, 5.41) is 14.2. The maximum Gasteiger partial charge on any atom is 0.395 e. The summed E-state index contributed by atoms with van der Waals surface area (Å²) in [6.07, 6.45) is 4.79. The van der Waals surface area contributed by atoms with Crippen LogP contribution >= 0.6 is 0 Å². The van der Waals surface area contributed by atoms with Gasteiger partial charge in [0, 0.05) is 19.1 Å². The molecule has 3 fully saturated rings. The Hall–Kier alpha value is -0.135. The van der Waals surface area contributed by atoms with Crippen molar-refractivity contribution < 1.29 is 19.2 Å². The topological polar surface area (TPSA) is 60.0 Å². The van der Waals surface area contributed by atoms with Crippen LogP contribution in [0.3, 0.4) is 0 Å². The van der Waals surface area contributed by atoms with Gasteiger partial charge < -0.3 is 24.5 Å². The van der Waals surface area contributed by atoms with Crippen LogP contribution < -0.4 is 5.23 Å². The summed E-state index contributed by atoms with van der Waals surface area (Å²) in [4.78, 5) is 0. The highest BCUT2D eigenvalue weighted by Gasteiger charge is 2.59. The van der Waals surface area contributed by atoms with Crippen LogP contribution in [0.4, 0.5) is 0 Å². The van der Waals surface area contributed by atoms with Gasteiger partial charge in [0.15, 0.2) is 5.79 Å². The zero-order valence-corrected chi connectivity index (χ0v) is 12.6. The van der Waals surface area contributed by atoms with E-state index < -0.39 is 11.4 Å². The molecule has 1 saturated heterocycles. The second kappa shape index (κ2) is 5.25. The van der Waals surface area contributed by atoms with Crippen molar-refractivity contribution in [3.63, 3.8) is 0 Å². The summed E-state index contributed by atoms with van der Waals surface area (Å²) in [5.41, 5.74) is -0.587. The summed E-state index contributed by atoms with van der Waals surface area (Å²) in [6.45, 7) is 3.89. The van der Waals surface area contributed by atoms with Gasteiger partial charge in [0.25, 0.3) is 0 Å². The van der Waals surface area contributed by atoms with Crippen LogP contribution in [-0.4, -0.2) is 49.5 Å². The minimum absolute atomic E-state index is 0.0222. The standard InChI is InChI=1S/C14H25BNO4/c1-13(2)19-11-9(14(17)6-4-5-7-14)8-10(12(11)20-13)16-15-18-3/h9-12,16-17H,4-8H2,1-3H3/t9-,10+,11+,12-/m0/s1. The predicted molar refractivity (Wildman–Crippen MR) is 75.0 cm³/mol. The molecule has 1 heterocycles. The van der Waals surface area contributed by atoms with E-state index in [1.165, 1.54) is 0 Å². The fourth-order valence-electron chi connectivity index (χ4n) is 4.18. The Labute approximate surface area is 121 Å². The molecule has 2 N–H and O–H groups in total. The molecule has 3 aliphatic rings. The molecule has 0 unspecified atom stereocenters. The first-order valence-corrected chi connectivity index (χ1v) is 7.64. The number of ether oxygens (including phenoxy) is 2. The zero-order chi connectivity index (χ0) is 14.4. The molecule has 2 aliphatic carbocycles. The first-order chi connectivity index (χ1) is 9.45. The average molecular weight is 282 g/mol. The molecule has 0 aromatic rings. The van der Waals surface area contributed by atoms with Gasteiger partial charge in [-0.25, -0.2) is 0 Å². The average Bonchev–Trinajstić information content (AvgIpc) is 3.01. The van der Waals surface area contributed by atoms with Gasteiger partial charge in [0.1, 0.15) is 6.10 Å². The number of fused-ring (bicyclic) bond motifs is 1. The highest BCUT2D eigenvalue weighted by Crippen LogP contribution is 2.50. The van der Waals surface area contributed by atoms with E-state index in [1.54, 1.807) is 14.7 Å². The number of rotatable bonds is 4. The number of hydrogen-bond acceptors (Lipinski definition) is 5. The third-order valence-electron chi connectivity index (χ3n) is 5.02. The Bertz CT molecular complexity index is 359. The monoisotopic (exact) mass is 282 g/mol. The molecule has 3 rings (SSSR count). The lowest BCUT2D eigenvalue weighted by Gasteiger charge is -2.33. The largest absolute Gasteiger partial charge is 0.427 e. The van der Waals surface area contributed by atoms with Crippen molar-refractivity contribution in [3.05, 3.63) is 0 Å². The summed E-state index contributed by atoms with van der Waals surface area (Å²) < 4.78 is 17.1. The van der Waals surface area contributed by atoms with Gasteiger partial charge in [-0.05, 0) is 33.1 Å². The third kappa shape index (κ3) is 2.52. The van der Waals surface area contributed by atoms with Crippen molar-refractivity contribution in [1.29, 1.82) is 0 Å². The number of hydrogen-bond donors (Lipinski definition) is 2. The molecule has 4 atom stereocenters. The molecular weight excluding hydrogens is 257 g/mol. The number of aliphatic hydroxyl groups is 1. The lowest BCUT2D eigenvalue weighted by atomic mass is 9.83. The summed E-state index contributed by atoms with van der Waals surface area (Å²) in [6, 6.07) is 0.136. The van der Waals surface area contributed by atoms with Gasteiger partial charge in [-0.15, -0.1) is 0 Å². The Balaban J connectivity index is 1.78. The molecule has 20 heavy (non-hydrogen) atoms. The van der Waals surface area contributed by atoms with Crippen molar-refractivity contribution in [2.75, 3.05) is 7.11 Å². The fourth-order valence-corrected chi connectivity index (χ4v) is 4.18. The van der Waals surface area contributed by atoms with Crippen LogP contribution in [0.1, 0.15) is 46.0 Å². The van der Waals surface area contributed by atoms with Crippen molar-refractivity contribution in [1.82, 2.24) is 5.23 Å². The Morgan fingerprint density at radius 3 is 2.50 bits per heavy atom. The third-order valence-corrected chi connectivity index (χ3v) is 5.02. The van der Waals surface area contributed by atoms with Crippen LogP contribution in [0.5, 0.6) is 0 Å². The van der Waals surface area contributed by atoms with E-state index in [4.69, 9.17) is 14.1 Å². The second-order valence-corrected chi connectivity index (χ2v) is 6.84. The van der Waals surface area contributed by atoms with Crippen molar-refractivity contribution in [2.45, 2.75) is 75.6 Å². The number of nitrogens with one attached hydrogen (secondary N) is 1. The van der Waals surface area contributed by atoms with Gasteiger partial charge in [0.2, 0.25) is 0 Å². The van der Waals surface area contributed by atoms with Crippen molar-refractivity contribution in [2.24, 2.45) is 5.92 Å². The highest BCUT2D eigenvalue weighted by molar-refractivity contribution is 6.23. The molecular formula is C14H25BNO4. The summed E-state index contributed by atoms with van der Waals surface area (Å²) in [7, 11) is 3.22. The van der Waals surface area contributed by atoms with Crippen molar-refractivity contribution in [3.8, 4) is 0 Å². The maximum atomic E-state index is 10.9. The quantitative estimate of drug-likeness (QED) is 0.752. The molecule has 5 nitrogen and oxygen atoms in total. The maximum absolute atomic E-state index is 10.9. The Morgan fingerprint density at radius 1 is 1.20 bits per heavy atom. The fraction of sp³-hybridized carbons (Fsp3) is 1.00. The van der Waals surface area contributed by atoms with E-state index in [-0.39, 0.29) is 24.2 Å². The molecule has 1 aliphatic heterocycles. The van der Waals surface area contributed by atoms with Crippen molar-refractivity contribution >= 4 is 7.62 Å². The van der Waals surface area contributed by atoms with E-state index in [0.717, 1.165) is 32.1 Å². The molecule has 0 spiro atoms. The van der Waals surface area contributed by atoms with E-state index >= 15 is 0 Å². The van der Waals surface area contributed by atoms with E-state index in [0.29, 0.717) is 0 Å². The van der Waals surface area contributed by atoms with Crippen LogP contribution in [0.25, 0.3) is 0 Å². The van der Waals surface area contributed by atoms with E-state index in [9.17, 15) is 5.11 Å². The smallest absolute Gasteiger partial charge is 0.395 e. The van der Waals surface area contributed by atoms with Crippen LogP contribution in [-0.2, 0) is 14.1 Å². The van der Waals surface area contributed by atoms with Gasteiger partial charge >= 0.3 is 7.62 Å². The summed E-state index contributed by atoms with van der Waals surface area (Å²) >= 11 is 0. The first kappa shape index (κ1) is 14.8. The Kier molecular flexibility index (Phi) is 3.88. The second-order valence-electron chi connectivity index (χ2n) is 6.84. The predicted octanol–water partition coefficient (Wildman–Crippen LogP) is 0.970. The zero-order valence-electron chi connectivity index (χ0n) is 12.6. The van der Waals surface area contributed by atoms with Gasteiger partial charge in [-0.2, -0.15) is 0 Å². The summed E-state index contributed by atoms with van der Waals surface area (Å²) in [5.74, 6) is -0.435. The van der Waals surface area contributed by atoms with E-state index in [1.807, 2.05) is 13.8 Å². The lowest BCUT2D eigenvalue weighted by Crippen LogP contribution is -2.42. The molecule has 1 radical (unpaired) electrons. The van der Waals surface area contributed by atoms with E-state index in [2.05, 4.69) is 5.23 Å². The molecule has 0 aromatic heterocycles. The normalized spacial score (nSPS) is 41.8. The minimum Gasteiger partial charge on any atom is -0.427 e. The molecule has 0 amide bonds. The molecule has 0 bridgehead atoms. The first-order valence-electron chi connectivity index (χ1n) is 7.64. The van der Waals surface area contributed by atoms with Crippen LogP contribution in [0.15, 0.2) is 0 Å². The Morgan fingerprint density at radius 2 is 1.85 bits per heavy atom. The van der Waals surface area contributed by atoms with Crippen LogP contribution in [0.2, 0.25) is 0 Å².